The summed E-state index contributed by atoms with van der Waals surface area (Å²) in [4.78, 5) is 10.9. The minimum absolute atomic E-state index is 0. The maximum atomic E-state index is 10.9. The van der Waals surface area contributed by atoms with Gasteiger partial charge in [-0.15, -0.1) is 0 Å². The van der Waals surface area contributed by atoms with E-state index in [0.29, 0.717) is 6.23 Å². The highest BCUT2D eigenvalue weighted by Crippen LogP contribution is 2.02. The van der Waals surface area contributed by atoms with E-state index in [-0.39, 0.29) is 36.3 Å². The third kappa shape index (κ3) is 7.79. The van der Waals surface area contributed by atoms with Crippen molar-refractivity contribution in [3.63, 3.8) is 0 Å². The molecule has 0 aromatic rings. The van der Waals surface area contributed by atoms with Gasteiger partial charge in [0.25, 0.3) is 0 Å². The van der Waals surface area contributed by atoms with Crippen LogP contribution >= 0.6 is 0 Å². The van der Waals surface area contributed by atoms with Crippen LogP contribution in [0.3, 0.4) is 0 Å². The molecule has 0 spiro atoms. The minimum Gasteiger partial charge on any atom is -0.470 e. The highest BCUT2D eigenvalue weighted by Gasteiger charge is 2.10. The van der Waals surface area contributed by atoms with Gasteiger partial charge in [-0.2, -0.15) is 0 Å². The highest BCUT2D eigenvalue weighted by atomic mass is 28.2. The fourth-order valence-corrected chi connectivity index (χ4v) is 0.917. The van der Waals surface area contributed by atoms with Gasteiger partial charge >= 0.3 is 5.97 Å². The van der Waals surface area contributed by atoms with Gasteiger partial charge in [0.15, 0.2) is 0 Å². The molecule has 3 heteroatoms. The average molecular weight is 192 g/mol. The lowest BCUT2D eigenvalue weighted by molar-refractivity contribution is -0.145. The van der Waals surface area contributed by atoms with Crippen molar-refractivity contribution in [1.29, 1.82) is 0 Å². The van der Waals surface area contributed by atoms with Crippen LogP contribution < -0.4 is 0 Å². The Morgan fingerprint density at radius 2 is 2.00 bits per heavy atom. The van der Waals surface area contributed by atoms with E-state index in [1.165, 1.54) is 0 Å². The van der Waals surface area contributed by atoms with Gasteiger partial charge < -0.3 is 4.74 Å². The zero-order chi connectivity index (χ0) is 7.98. The normalized spacial score (nSPS) is 11.6. The zero-order valence-electron chi connectivity index (χ0n) is 7.02. The van der Waals surface area contributed by atoms with Crippen molar-refractivity contribution in [2.45, 2.75) is 41.7 Å². The molecule has 0 aliphatic carbocycles. The Hall–Kier alpha value is -0.313. The molecule has 0 aromatic heterocycles. The Kier molecular flexibility index (Phi) is 15.8. The summed E-state index contributed by atoms with van der Waals surface area (Å²) in [6, 6.07) is 0. The fraction of sp³-hybridized carbons (Fsp3) is 0.889. The molecule has 0 aromatic carbocycles. The summed E-state index contributed by atoms with van der Waals surface area (Å²) < 4.78 is 4.97. The molecule has 0 radical (unpaired) electrons. The second-order valence-corrected chi connectivity index (χ2v) is 3.89. The summed E-state index contributed by atoms with van der Waals surface area (Å²) in [5, 5.41) is 0. The Morgan fingerprint density at radius 3 is 2.33 bits per heavy atom. The van der Waals surface area contributed by atoms with E-state index in [0.717, 1.165) is 6.42 Å². The van der Waals surface area contributed by atoms with Crippen LogP contribution in [0.1, 0.15) is 35.1 Å². The van der Waals surface area contributed by atoms with Gasteiger partial charge in [-0.25, -0.2) is 0 Å². The Morgan fingerprint density at radius 1 is 1.50 bits per heavy atom. The van der Waals surface area contributed by atoms with E-state index in [9.17, 15) is 4.79 Å². The number of carbonyl (C=O) groups is 1. The molecule has 12 heavy (non-hydrogen) atoms. The number of hydrogen-bond acceptors (Lipinski definition) is 2. The number of rotatable bonds is 4. The van der Waals surface area contributed by atoms with E-state index < -0.39 is 0 Å². The Bertz CT molecular complexity index is 105. The molecule has 0 saturated carbocycles. The summed E-state index contributed by atoms with van der Waals surface area (Å²) in [6.07, 6.45) is 1.58. The summed E-state index contributed by atoms with van der Waals surface area (Å²) in [5.41, 5.74) is 0. The molecule has 0 heterocycles. The van der Waals surface area contributed by atoms with E-state index >= 15 is 0 Å². The summed E-state index contributed by atoms with van der Waals surface area (Å²) in [7, 11) is -0.111. The van der Waals surface area contributed by atoms with E-state index in [2.05, 4.69) is 6.55 Å². The molecule has 2 nitrogen and oxygen atoms in total. The van der Waals surface area contributed by atoms with Crippen molar-refractivity contribution < 1.29 is 9.53 Å². The molecule has 0 aliphatic heterocycles. The lowest BCUT2D eigenvalue weighted by Crippen LogP contribution is -2.16. The van der Waals surface area contributed by atoms with Crippen molar-refractivity contribution in [3.05, 3.63) is 0 Å². The lowest BCUT2D eigenvalue weighted by atomic mass is 10.1. The monoisotopic (exact) mass is 192 g/mol. The topological polar surface area (TPSA) is 26.3 Å². The first-order chi connectivity index (χ1) is 4.72. The largest absolute Gasteiger partial charge is 0.470 e. The molecule has 76 valence electrons. The lowest BCUT2D eigenvalue weighted by Gasteiger charge is -2.06. The van der Waals surface area contributed by atoms with Crippen molar-refractivity contribution >= 4 is 15.5 Å². The molecule has 0 amide bonds. The van der Waals surface area contributed by atoms with E-state index in [4.69, 9.17) is 4.74 Å². The van der Waals surface area contributed by atoms with Gasteiger partial charge in [0, 0.05) is 0 Å². The first kappa shape index (κ1) is 17.7. The molecule has 0 saturated heterocycles. The van der Waals surface area contributed by atoms with Crippen LogP contribution in [0.15, 0.2) is 0 Å². The van der Waals surface area contributed by atoms with Gasteiger partial charge in [0.1, 0.15) is 0 Å². The van der Waals surface area contributed by atoms with Gasteiger partial charge in [-0.05, 0) is 6.42 Å². The van der Waals surface area contributed by atoms with Crippen LogP contribution in [-0.2, 0) is 9.53 Å². The van der Waals surface area contributed by atoms with E-state index in [1.807, 2.05) is 13.8 Å². The minimum atomic E-state index is -0.111. The van der Waals surface area contributed by atoms with E-state index in [1.54, 1.807) is 0 Å². The van der Waals surface area contributed by atoms with Crippen LogP contribution in [0.5, 0.6) is 0 Å². The maximum absolute atomic E-state index is 10.9. The third-order valence-electron chi connectivity index (χ3n) is 1.46. The van der Waals surface area contributed by atoms with Gasteiger partial charge in [-0.3, -0.25) is 4.79 Å². The van der Waals surface area contributed by atoms with Crippen molar-refractivity contribution in [2.75, 3.05) is 6.23 Å². The number of ether oxygens (including phenoxy) is 1. The molecular formula is C9H24O2Si. The summed E-state index contributed by atoms with van der Waals surface area (Å²) in [5.74, 6) is 0.0531. The smallest absolute Gasteiger partial charge is 0.308 e. The quantitative estimate of drug-likeness (QED) is 0.503. The first-order valence-corrected chi connectivity index (χ1v) is 6.30. The Labute approximate surface area is 79.5 Å². The molecule has 0 rings (SSSR count). The Balaban J connectivity index is -0.000000405. The van der Waals surface area contributed by atoms with Crippen LogP contribution in [0.25, 0.3) is 0 Å². The molecule has 1 unspecified atom stereocenters. The van der Waals surface area contributed by atoms with Crippen LogP contribution in [0.2, 0.25) is 6.55 Å². The second-order valence-electron chi connectivity index (χ2n) is 2.48. The van der Waals surface area contributed by atoms with Crippen LogP contribution in [0.4, 0.5) is 0 Å². The summed E-state index contributed by atoms with van der Waals surface area (Å²) >= 11 is 0. The van der Waals surface area contributed by atoms with Crippen LogP contribution in [-0.4, -0.2) is 21.7 Å². The van der Waals surface area contributed by atoms with Gasteiger partial charge in [0.2, 0.25) is 0 Å². The molecule has 0 fully saturated rings. The molecule has 0 N–H and O–H groups in total. The molecular weight excluding hydrogens is 168 g/mol. The number of hydrogen-bond donors (Lipinski definition) is 0. The molecule has 1 atom stereocenters. The highest BCUT2D eigenvalue weighted by molar-refractivity contribution is 6.33. The van der Waals surface area contributed by atoms with Crippen molar-refractivity contribution in [2.24, 2.45) is 5.92 Å². The predicted molar refractivity (Wildman–Crippen MR) is 58.3 cm³/mol. The average Bonchev–Trinajstić information content (AvgIpc) is 1.98. The molecule has 0 aliphatic rings. The standard InChI is InChI=1S/C7H16O2Si.2CH4/c1-4-6(2)7(8)9-5-10-3;;/h6H,4-5,10H2,1-3H3;2*1H4. The predicted octanol–water partition coefficient (Wildman–Crippen LogP) is 2.02. The van der Waals surface area contributed by atoms with Crippen molar-refractivity contribution in [1.82, 2.24) is 0 Å². The second kappa shape index (κ2) is 10.7. The zero-order valence-corrected chi connectivity index (χ0v) is 8.43. The van der Waals surface area contributed by atoms with Gasteiger partial charge in [0.05, 0.1) is 21.7 Å². The third-order valence-corrected chi connectivity index (χ3v) is 2.08. The summed E-state index contributed by atoms with van der Waals surface area (Å²) in [6.45, 7) is 6.03. The molecule has 0 bridgehead atoms. The number of carbonyl (C=O) groups excluding carboxylic acids is 1. The van der Waals surface area contributed by atoms with Gasteiger partial charge in [-0.1, -0.05) is 35.2 Å². The van der Waals surface area contributed by atoms with Crippen molar-refractivity contribution in [3.8, 4) is 0 Å². The number of esters is 1. The first-order valence-electron chi connectivity index (χ1n) is 3.89. The maximum Gasteiger partial charge on any atom is 0.308 e. The van der Waals surface area contributed by atoms with Crippen LogP contribution in [0, 0.1) is 5.92 Å². The fourth-order valence-electron chi connectivity index (χ4n) is 0.512. The SMILES string of the molecule is C.C.CCC(C)C(=O)OC[SiH2]C.